The normalized spacial score (nSPS) is 13.0. The maximum Gasteiger partial charge on any atom is 0.110 e. The van der Waals surface area contributed by atoms with Crippen molar-refractivity contribution in [3.8, 4) is 0 Å². The zero-order valence-electron chi connectivity index (χ0n) is 8.39. The smallest absolute Gasteiger partial charge is 0.110 e. The molecule has 0 fully saturated rings. The second kappa shape index (κ2) is 6.22. The van der Waals surface area contributed by atoms with Crippen LogP contribution in [0.2, 0.25) is 0 Å². The number of rotatable bonds is 5. The van der Waals surface area contributed by atoms with Gasteiger partial charge in [0.1, 0.15) is 6.61 Å². The largest absolute Gasteiger partial charge is 0.499 e. The van der Waals surface area contributed by atoms with E-state index in [1.807, 2.05) is 24.3 Å². The number of hydrogen-bond donors (Lipinski definition) is 1. The quantitative estimate of drug-likeness (QED) is 0.573. The van der Waals surface area contributed by atoms with Crippen molar-refractivity contribution < 1.29 is 9.84 Å². The number of aliphatic hydroxyl groups excluding tert-OH is 1. The third kappa shape index (κ3) is 3.62. The van der Waals surface area contributed by atoms with Gasteiger partial charge in [-0.25, -0.2) is 0 Å². The predicted molar refractivity (Wildman–Crippen MR) is 57.0 cm³/mol. The molecule has 0 amide bonds. The Morgan fingerprint density at radius 3 is 2.71 bits per heavy atom. The fourth-order valence-corrected chi connectivity index (χ4v) is 1.16. The Bertz CT molecular complexity index is 267. The van der Waals surface area contributed by atoms with Crippen molar-refractivity contribution in [1.82, 2.24) is 0 Å². The number of hydrogen-bond acceptors (Lipinski definition) is 2. The first-order valence-corrected chi connectivity index (χ1v) is 4.78. The first-order chi connectivity index (χ1) is 6.84. The lowest BCUT2D eigenvalue weighted by molar-refractivity contribution is 0.165. The molecule has 0 spiro atoms. The second-order valence-electron chi connectivity index (χ2n) is 3.12. The van der Waals surface area contributed by atoms with E-state index in [-0.39, 0.29) is 6.61 Å². The number of benzene rings is 1. The molecule has 76 valence electrons. The van der Waals surface area contributed by atoms with Gasteiger partial charge in [0.05, 0.1) is 12.9 Å². The summed E-state index contributed by atoms with van der Waals surface area (Å²) < 4.78 is 5.04. The molecular formula is C12H16O2. The summed E-state index contributed by atoms with van der Waals surface area (Å²) in [5.41, 5.74) is 1.26. The van der Waals surface area contributed by atoms with Gasteiger partial charge in [0.15, 0.2) is 0 Å². The molecule has 0 aromatic heterocycles. The van der Waals surface area contributed by atoms with Crippen LogP contribution < -0.4 is 0 Å². The lowest BCUT2D eigenvalue weighted by Crippen LogP contribution is -1.93. The third-order valence-corrected chi connectivity index (χ3v) is 2.00. The molecule has 2 heteroatoms. The summed E-state index contributed by atoms with van der Waals surface area (Å²) >= 11 is 0. The minimum atomic E-state index is 0.0596. The summed E-state index contributed by atoms with van der Waals surface area (Å²) in [6.07, 6.45) is 3.62. The summed E-state index contributed by atoms with van der Waals surface area (Å²) in [6.45, 7) is 2.52. The van der Waals surface area contributed by atoms with Gasteiger partial charge in [-0.2, -0.15) is 0 Å². The van der Waals surface area contributed by atoms with E-state index in [2.05, 4.69) is 19.1 Å². The topological polar surface area (TPSA) is 29.5 Å². The van der Waals surface area contributed by atoms with E-state index in [9.17, 15) is 0 Å². The Labute approximate surface area is 84.8 Å². The lowest BCUT2D eigenvalue weighted by Gasteiger charge is -2.05. The molecule has 2 nitrogen and oxygen atoms in total. The van der Waals surface area contributed by atoms with Crippen LogP contribution in [0.15, 0.2) is 42.7 Å². The molecule has 0 saturated heterocycles. The maximum absolute atomic E-state index is 8.49. The van der Waals surface area contributed by atoms with Gasteiger partial charge in [-0.05, 0) is 11.6 Å². The maximum atomic E-state index is 8.49. The zero-order chi connectivity index (χ0) is 10.2. The van der Waals surface area contributed by atoms with Gasteiger partial charge in [-0.3, -0.25) is 0 Å². The van der Waals surface area contributed by atoms with E-state index in [0.717, 1.165) is 0 Å². The van der Waals surface area contributed by atoms with Crippen molar-refractivity contribution in [3.63, 3.8) is 0 Å². The summed E-state index contributed by atoms with van der Waals surface area (Å²) in [7, 11) is 0. The van der Waals surface area contributed by atoms with E-state index < -0.39 is 0 Å². The van der Waals surface area contributed by atoms with Crippen LogP contribution in [0.3, 0.4) is 0 Å². The predicted octanol–water partition coefficient (Wildman–Crippen LogP) is 2.31. The number of aliphatic hydroxyl groups is 1. The summed E-state index contributed by atoms with van der Waals surface area (Å²) in [5.74, 6) is 0.342. The highest BCUT2D eigenvalue weighted by Gasteiger charge is 1.98. The zero-order valence-corrected chi connectivity index (χ0v) is 8.39. The molecule has 1 rings (SSSR count). The molecule has 1 aromatic rings. The minimum Gasteiger partial charge on any atom is -0.499 e. The molecule has 1 N–H and O–H groups in total. The fraction of sp³-hybridized carbons (Fsp3) is 0.333. The van der Waals surface area contributed by atoms with E-state index >= 15 is 0 Å². The Balaban J connectivity index is 2.42. The standard InChI is InChI=1S/C12H16O2/c1-11(7-9-14-10-8-13)12-5-3-2-4-6-12/h2-7,9,11,13H,8,10H2,1H3/b9-7-. The van der Waals surface area contributed by atoms with Gasteiger partial charge < -0.3 is 9.84 Å². The van der Waals surface area contributed by atoms with E-state index in [4.69, 9.17) is 9.84 Å². The molecule has 0 radical (unpaired) electrons. The van der Waals surface area contributed by atoms with Crippen molar-refractivity contribution in [1.29, 1.82) is 0 Å². The molecule has 0 bridgehead atoms. The van der Waals surface area contributed by atoms with Crippen molar-refractivity contribution >= 4 is 0 Å². The van der Waals surface area contributed by atoms with Crippen molar-refractivity contribution in [2.24, 2.45) is 0 Å². The van der Waals surface area contributed by atoms with Gasteiger partial charge >= 0.3 is 0 Å². The molecular weight excluding hydrogens is 176 g/mol. The third-order valence-electron chi connectivity index (χ3n) is 2.00. The molecule has 1 atom stereocenters. The van der Waals surface area contributed by atoms with Gasteiger partial charge in [0.25, 0.3) is 0 Å². The van der Waals surface area contributed by atoms with Crippen molar-refractivity contribution in [2.45, 2.75) is 12.8 Å². The second-order valence-corrected chi connectivity index (χ2v) is 3.12. The SMILES string of the molecule is CC(/C=C\OCCO)c1ccccc1. The monoisotopic (exact) mass is 192 g/mol. The molecule has 1 aromatic carbocycles. The number of allylic oxidation sites excluding steroid dienone is 1. The van der Waals surface area contributed by atoms with Gasteiger partial charge in [0.2, 0.25) is 0 Å². The Hall–Kier alpha value is -1.28. The molecule has 0 heterocycles. The van der Waals surface area contributed by atoms with Crippen LogP contribution in [0.25, 0.3) is 0 Å². The van der Waals surface area contributed by atoms with Crippen LogP contribution in [0.4, 0.5) is 0 Å². The average Bonchev–Trinajstić information content (AvgIpc) is 2.25. The highest BCUT2D eigenvalue weighted by atomic mass is 16.5. The van der Waals surface area contributed by atoms with Crippen LogP contribution in [0.5, 0.6) is 0 Å². The van der Waals surface area contributed by atoms with E-state index in [0.29, 0.717) is 12.5 Å². The summed E-state index contributed by atoms with van der Waals surface area (Å²) in [6, 6.07) is 10.2. The van der Waals surface area contributed by atoms with Gasteiger partial charge in [-0.15, -0.1) is 0 Å². The summed E-state index contributed by atoms with van der Waals surface area (Å²) in [5, 5.41) is 8.49. The molecule has 14 heavy (non-hydrogen) atoms. The summed E-state index contributed by atoms with van der Waals surface area (Å²) in [4.78, 5) is 0. The minimum absolute atomic E-state index is 0.0596. The first-order valence-electron chi connectivity index (χ1n) is 4.78. The van der Waals surface area contributed by atoms with E-state index in [1.54, 1.807) is 6.26 Å². The Kier molecular flexibility index (Phi) is 4.79. The first kappa shape index (κ1) is 10.8. The fourth-order valence-electron chi connectivity index (χ4n) is 1.16. The van der Waals surface area contributed by atoms with Crippen molar-refractivity contribution in [2.75, 3.05) is 13.2 Å². The molecule has 0 aliphatic rings. The van der Waals surface area contributed by atoms with E-state index in [1.165, 1.54) is 5.56 Å². The van der Waals surface area contributed by atoms with Crippen LogP contribution in [-0.4, -0.2) is 18.3 Å². The highest BCUT2D eigenvalue weighted by Crippen LogP contribution is 2.15. The molecule has 0 saturated carbocycles. The van der Waals surface area contributed by atoms with Crippen LogP contribution >= 0.6 is 0 Å². The average molecular weight is 192 g/mol. The van der Waals surface area contributed by atoms with Crippen LogP contribution in [0.1, 0.15) is 18.4 Å². The van der Waals surface area contributed by atoms with Crippen molar-refractivity contribution in [3.05, 3.63) is 48.2 Å². The number of ether oxygens (including phenoxy) is 1. The molecule has 1 unspecified atom stereocenters. The van der Waals surface area contributed by atoms with Gasteiger partial charge in [0, 0.05) is 5.92 Å². The molecule has 0 aliphatic heterocycles. The van der Waals surface area contributed by atoms with Crippen LogP contribution in [-0.2, 0) is 4.74 Å². The Morgan fingerprint density at radius 1 is 1.36 bits per heavy atom. The Morgan fingerprint density at radius 2 is 2.07 bits per heavy atom. The van der Waals surface area contributed by atoms with Gasteiger partial charge in [-0.1, -0.05) is 37.3 Å². The van der Waals surface area contributed by atoms with Crippen LogP contribution in [0, 0.1) is 0 Å². The highest BCUT2D eigenvalue weighted by molar-refractivity contribution is 5.22. The molecule has 0 aliphatic carbocycles. The lowest BCUT2D eigenvalue weighted by atomic mass is 10.0.